The van der Waals surface area contributed by atoms with Gasteiger partial charge in [-0.15, -0.1) is 0 Å². The maximum absolute atomic E-state index is 9.89. The van der Waals surface area contributed by atoms with Gasteiger partial charge in [0.15, 0.2) is 57.1 Å². The van der Waals surface area contributed by atoms with Crippen LogP contribution in [0.4, 0.5) is 17.3 Å². The van der Waals surface area contributed by atoms with Crippen LogP contribution in [0.5, 0.6) is 0 Å². The summed E-state index contributed by atoms with van der Waals surface area (Å²) in [7, 11) is -12.7. The summed E-state index contributed by atoms with van der Waals surface area (Å²) in [4.78, 5) is 0. The van der Waals surface area contributed by atoms with Gasteiger partial charge in [0.05, 0.1) is 0 Å². The molecule has 0 saturated carbocycles. The average molecular weight is 2500 g/mol. The van der Waals surface area contributed by atoms with Crippen LogP contribution < -0.4 is 210 Å². The zero-order valence-corrected chi connectivity index (χ0v) is 81.6. The van der Waals surface area contributed by atoms with Crippen LogP contribution in [0.25, 0.3) is 0 Å². The lowest BCUT2D eigenvalue weighted by Gasteiger charge is -2.09. The first-order chi connectivity index (χ1) is 58.5. The molecule has 0 aliphatic rings. The van der Waals surface area contributed by atoms with E-state index in [4.69, 9.17) is 40.2 Å². The van der Waals surface area contributed by atoms with Crippen LogP contribution >= 0.6 is 0 Å². The predicted octanol–water partition coefficient (Wildman–Crippen LogP) is -10.8. The maximum Gasteiger partial charge on any atom is 0.357 e. The first-order valence-electron chi connectivity index (χ1n) is 36.4. The molecular weight excluding hydrogens is 2420 g/mol. The third-order valence-electron chi connectivity index (χ3n) is 13.5. The standard InChI is InChI=1S/8C12H10I.4BFO2/c8*1-3-7-11(8-4-1)13-12-9-5-2-6-10-12;4*2-1(3)4/h8*1-10H;;;;/q8*+1;4*-2. The Kier molecular flexibility index (Phi) is 59.9. The van der Waals surface area contributed by atoms with Crippen molar-refractivity contribution in [2.24, 2.45) is 0 Å². The molecule has 0 atom stereocenters. The number of hydrogen-bond acceptors (Lipinski definition) is 8. The van der Waals surface area contributed by atoms with Crippen LogP contribution in [-0.4, -0.2) is 29.6 Å². The Bertz CT molecular complexity index is 3730. The van der Waals surface area contributed by atoms with Crippen LogP contribution in [0, 0.1) is 57.1 Å². The third-order valence-corrected chi connectivity index (χ3v) is 34.9. The van der Waals surface area contributed by atoms with Crippen molar-refractivity contribution in [1.29, 1.82) is 0 Å². The van der Waals surface area contributed by atoms with E-state index >= 15 is 0 Å². The van der Waals surface area contributed by atoms with Crippen molar-refractivity contribution >= 4 is 29.6 Å². The topological polar surface area (TPSA) is 184 Å². The van der Waals surface area contributed by atoms with Crippen molar-refractivity contribution in [2.45, 2.75) is 0 Å². The van der Waals surface area contributed by atoms with Crippen molar-refractivity contribution < 1.29 is 227 Å². The first-order valence-corrected chi connectivity index (χ1v) is 53.6. The minimum atomic E-state index is -3.17. The quantitative estimate of drug-likeness (QED) is 0.0520. The SMILES string of the molecule is [O-]B([O-])F.[O-]B([O-])F.[O-]B([O-])F.[O-]B([O-])F.c1ccc([I+]c2ccccc2)cc1.c1ccc([I+]c2ccccc2)cc1.c1ccc([I+]c2ccccc2)cc1.c1ccc([I+]c2ccccc2)cc1.c1ccc([I+]c2ccccc2)cc1.c1ccc([I+]c2ccccc2)cc1.c1ccc([I+]c2ccccc2)cc1.c1ccc([I+]c2ccccc2)cc1. The number of benzene rings is 16. The fourth-order valence-corrected chi connectivity index (χ4v) is 26.8. The monoisotopic (exact) mass is 2500 g/mol. The van der Waals surface area contributed by atoms with Crippen molar-refractivity contribution in [1.82, 2.24) is 0 Å². The molecule has 16 rings (SSSR count). The summed E-state index contributed by atoms with van der Waals surface area (Å²) in [6.45, 7) is 0. The van der Waals surface area contributed by atoms with Crippen LogP contribution in [0.1, 0.15) is 0 Å². The van der Waals surface area contributed by atoms with Crippen molar-refractivity contribution in [3.05, 3.63) is 542 Å². The van der Waals surface area contributed by atoms with Gasteiger partial charge in [0.2, 0.25) is 0 Å². The molecule has 0 N–H and O–H groups in total. The molecular formula is C96H80B4F4I8O8. The van der Waals surface area contributed by atoms with E-state index in [0.717, 1.165) is 0 Å². The second-order valence-corrected chi connectivity index (χ2v) is 46.8. The predicted molar refractivity (Wildman–Crippen MR) is 430 cm³/mol. The van der Waals surface area contributed by atoms with Crippen LogP contribution in [-0.2, 0) is 0 Å². The van der Waals surface area contributed by atoms with E-state index in [1.165, 1.54) is 57.1 Å². The maximum atomic E-state index is 9.89. The summed E-state index contributed by atoms with van der Waals surface area (Å²) in [6, 6.07) is 171. The van der Waals surface area contributed by atoms with Crippen molar-refractivity contribution in [3.63, 3.8) is 0 Å². The van der Waals surface area contributed by atoms with Crippen molar-refractivity contribution in [2.75, 3.05) is 0 Å². The Balaban J connectivity index is 0.000000238. The molecule has 0 aliphatic heterocycles. The average Bonchev–Trinajstić information content (AvgIpc) is 0.956. The summed E-state index contributed by atoms with van der Waals surface area (Å²) in [6.07, 6.45) is 0. The molecule has 0 saturated heterocycles. The molecule has 0 fully saturated rings. The van der Waals surface area contributed by atoms with E-state index in [1.54, 1.807) is 0 Å². The molecule has 120 heavy (non-hydrogen) atoms. The van der Waals surface area contributed by atoms with Gasteiger partial charge < -0.3 is 57.5 Å². The molecule has 0 amide bonds. The molecule has 0 aromatic heterocycles. The minimum Gasteiger partial charge on any atom is -0.867 e. The van der Waals surface area contributed by atoms with Gasteiger partial charge in [0, 0.05) is 0 Å². The molecule has 0 aliphatic carbocycles. The van der Waals surface area contributed by atoms with E-state index in [-0.39, 0.29) is 170 Å². The van der Waals surface area contributed by atoms with Crippen molar-refractivity contribution in [3.8, 4) is 0 Å². The Hall–Kier alpha value is -6.98. The normalized spacial score (nSPS) is 9.43. The van der Waals surface area contributed by atoms with Gasteiger partial charge in [-0.05, 0) is 194 Å². The van der Waals surface area contributed by atoms with E-state index in [0.29, 0.717) is 0 Å². The fraction of sp³-hybridized carbons (Fsp3) is 0. The zero-order valence-electron chi connectivity index (χ0n) is 64.3. The van der Waals surface area contributed by atoms with Gasteiger partial charge in [0.25, 0.3) is 0 Å². The molecule has 0 unspecified atom stereocenters. The highest BCUT2D eigenvalue weighted by Gasteiger charge is 2.19. The zero-order chi connectivity index (χ0) is 85.8. The van der Waals surface area contributed by atoms with Gasteiger partial charge in [-0.1, -0.05) is 291 Å². The molecule has 0 heterocycles. The van der Waals surface area contributed by atoms with E-state index < -0.39 is 29.6 Å². The number of halogens is 12. The Morgan fingerprint density at radius 3 is 0.192 bits per heavy atom. The molecule has 24 heteroatoms. The summed E-state index contributed by atoms with van der Waals surface area (Å²) < 4.78 is 63.2. The summed E-state index contributed by atoms with van der Waals surface area (Å²) >= 11 is 0.230. The van der Waals surface area contributed by atoms with E-state index in [9.17, 15) is 17.3 Å². The van der Waals surface area contributed by atoms with Gasteiger partial charge >= 0.3 is 170 Å². The highest BCUT2D eigenvalue weighted by molar-refractivity contribution is 6.27. The Labute approximate surface area is 788 Å². The second-order valence-electron chi connectivity index (χ2n) is 22.6. The smallest absolute Gasteiger partial charge is 0.357 e. The Morgan fingerprint density at radius 2 is 0.150 bits per heavy atom. The third kappa shape index (κ3) is 57.4. The molecule has 608 valence electrons. The lowest BCUT2D eigenvalue weighted by Crippen LogP contribution is -3.61. The summed E-state index contributed by atoms with van der Waals surface area (Å²) in [5, 5.41) is 66.4. The molecule has 0 bridgehead atoms. The first kappa shape index (κ1) is 104. The second kappa shape index (κ2) is 69.4. The molecule has 0 spiro atoms. The van der Waals surface area contributed by atoms with E-state index in [2.05, 4.69) is 485 Å². The van der Waals surface area contributed by atoms with Crippen LogP contribution in [0.15, 0.2) is 485 Å². The lowest BCUT2D eigenvalue weighted by atomic mass is 10.3. The molecule has 16 aromatic rings. The number of rotatable bonds is 16. The van der Waals surface area contributed by atoms with Crippen LogP contribution in [0.2, 0.25) is 0 Å². The highest BCUT2D eigenvalue weighted by atomic mass is 127. The van der Waals surface area contributed by atoms with Gasteiger partial charge in [-0.2, -0.15) is 0 Å². The van der Waals surface area contributed by atoms with Gasteiger partial charge in [0.1, 0.15) is 29.6 Å². The Morgan fingerprint density at radius 1 is 0.108 bits per heavy atom. The minimum absolute atomic E-state index is 0.0287. The largest absolute Gasteiger partial charge is 0.867 e. The lowest BCUT2D eigenvalue weighted by molar-refractivity contribution is -0.597. The van der Waals surface area contributed by atoms with Gasteiger partial charge in [-0.3, -0.25) is 0 Å². The fourth-order valence-electron chi connectivity index (χ4n) is 8.65. The van der Waals surface area contributed by atoms with E-state index in [1.807, 2.05) is 0 Å². The molecule has 0 radical (unpaired) electrons. The number of hydrogen-bond donors (Lipinski definition) is 0. The van der Waals surface area contributed by atoms with Crippen LogP contribution in [0.3, 0.4) is 0 Å². The summed E-state index contributed by atoms with van der Waals surface area (Å²) in [5.74, 6) is 0. The molecule has 16 aromatic carbocycles. The highest BCUT2D eigenvalue weighted by Crippen LogP contribution is 1.94. The summed E-state index contributed by atoms with van der Waals surface area (Å²) in [5.41, 5.74) is 0. The van der Waals surface area contributed by atoms with Gasteiger partial charge in [-0.25, -0.2) is 0 Å². The molecule has 8 nitrogen and oxygen atoms in total.